The number of halogens is 1. The molecule has 0 amide bonds. The van der Waals surface area contributed by atoms with Gasteiger partial charge in [-0.3, -0.25) is 0 Å². The molecule has 0 radical (unpaired) electrons. The van der Waals surface area contributed by atoms with Crippen molar-refractivity contribution in [3.8, 4) is 5.75 Å². The maximum Gasteiger partial charge on any atom is 0.229 e. The highest BCUT2D eigenvalue weighted by atomic mass is 19.1. The summed E-state index contributed by atoms with van der Waals surface area (Å²) in [7, 11) is 1.70. The van der Waals surface area contributed by atoms with Gasteiger partial charge in [0.05, 0.1) is 12.8 Å². The van der Waals surface area contributed by atoms with E-state index in [0.29, 0.717) is 11.6 Å². The Hall–Kier alpha value is -3.35. The maximum atomic E-state index is 13.4. The Morgan fingerprint density at radius 2 is 1.69 bits per heavy atom. The van der Waals surface area contributed by atoms with Crippen molar-refractivity contribution >= 4 is 23.1 Å². The van der Waals surface area contributed by atoms with E-state index in [1.54, 1.807) is 19.2 Å². The summed E-state index contributed by atoms with van der Waals surface area (Å²) < 4.78 is 18.9. The lowest BCUT2D eigenvalue weighted by atomic mass is 10.2. The van der Waals surface area contributed by atoms with Gasteiger partial charge in [-0.05, 0) is 37.3 Å². The van der Waals surface area contributed by atoms with Crippen LogP contribution in [0, 0.1) is 12.7 Å². The Morgan fingerprint density at radius 3 is 2.45 bits per heavy atom. The van der Waals surface area contributed by atoms with Gasteiger partial charge in [-0.15, -0.1) is 0 Å². The van der Waals surface area contributed by atoms with Crippen molar-refractivity contribution in [1.82, 2.24) is 9.97 Å². The van der Waals surface area contributed by atoms with Crippen LogP contribution in [0.3, 0.4) is 0 Å². The fourth-order valence-corrected chi connectivity index (χ4v) is 3.53. The van der Waals surface area contributed by atoms with Gasteiger partial charge in [0, 0.05) is 43.6 Å². The predicted molar refractivity (Wildman–Crippen MR) is 114 cm³/mol. The van der Waals surface area contributed by atoms with Gasteiger partial charge in [-0.25, -0.2) is 9.37 Å². The van der Waals surface area contributed by atoms with Crippen molar-refractivity contribution in [2.75, 3.05) is 48.4 Å². The average molecular weight is 393 g/mol. The molecule has 2 heterocycles. The van der Waals surface area contributed by atoms with Crippen LogP contribution in [0.25, 0.3) is 0 Å². The zero-order valence-electron chi connectivity index (χ0n) is 16.6. The van der Waals surface area contributed by atoms with Gasteiger partial charge in [-0.1, -0.05) is 18.2 Å². The van der Waals surface area contributed by atoms with Crippen molar-refractivity contribution in [3.63, 3.8) is 0 Å². The molecule has 0 saturated carbocycles. The highest BCUT2D eigenvalue weighted by molar-refractivity contribution is 5.60. The van der Waals surface area contributed by atoms with E-state index in [2.05, 4.69) is 31.2 Å². The van der Waals surface area contributed by atoms with E-state index in [-0.39, 0.29) is 5.82 Å². The molecule has 4 rings (SSSR count). The number of methoxy groups -OCH3 is 1. The summed E-state index contributed by atoms with van der Waals surface area (Å²) in [6, 6.07) is 16.4. The first-order valence-electron chi connectivity index (χ1n) is 9.63. The third kappa shape index (κ3) is 4.39. The lowest BCUT2D eigenvalue weighted by molar-refractivity contribution is 0.413. The van der Waals surface area contributed by atoms with Crippen LogP contribution < -0.4 is 19.9 Å². The number of rotatable bonds is 5. The number of para-hydroxylation sites is 2. The van der Waals surface area contributed by atoms with E-state index in [4.69, 9.17) is 4.74 Å². The van der Waals surface area contributed by atoms with Crippen LogP contribution >= 0.6 is 0 Å². The molecular weight excluding hydrogens is 369 g/mol. The molecule has 0 spiro atoms. The molecule has 0 bridgehead atoms. The molecule has 150 valence electrons. The fourth-order valence-electron chi connectivity index (χ4n) is 3.53. The number of nitrogens with one attached hydrogen (secondary N) is 1. The number of anilines is 4. The van der Waals surface area contributed by atoms with Gasteiger partial charge >= 0.3 is 0 Å². The van der Waals surface area contributed by atoms with E-state index in [0.717, 1.165) is 49.1 Å². The van der Waals surface area contributed by atoms with E-state index in [1.807, 2.05) is 31.2 Å². The number of hydrogen-bond donors (Lipinski definition) is 1. The zero-order valence-corrected chi connectivity index (χ0v) is 16.6. The summed E-state index contributed by atoms with van der Waals surface area (Å²) in [6.45, 7) is 5.36. The average Bonchev–Trinajstić information content (AvgIpc) is 2.73. The Labute approximate surface area is 170 Å². The topological polar surface area (TPSA) is 53.5 Å². The summed E-state index contributed by atoms with van der Waals surface area (Å²) in [4.78, 5) is 13.7. The molecule has 29 heavy (non-hydrogen) atoms. The Kier molecular flexibility index (Phi) is 5.46. The molecule has 0 aliphatic carbocycles. The van der Waals surface area contributed by atoms with Gasteiger partial charge in [0.15, 0.2) is 0 Å². The Bertz CT molecular complexity index is 988. The Morgan fingerprint density at radius 1 is 0.931 bits per heavy atom. The van der Waals surface area contributed by atoms with Crippen LogP contribution in [0.4, 0.5) is 27.5 Å². The second kappa shape index (κ2) is 8.34. The quantitative estimate of drug-likeness (QED) is 0.707. The first kappa shape index (κ1) is 19.0. The monoisotopic (exact) mass is 393 g/mol. The summed E-state index contributed by atoms with van der Waals surface area (Å²) in [5.41, 5.74) is 2.60. The molecule has 2 aromatic carbocycles. The molecule has 0 unspecified atom stereocenters. The molecule has 1 N–H and O–H groups in total. The van der Waals surface area contributed by atoms with Gasteiger partial charge in [0.25, 0.3) is 0 Å². The van der Waals surface area contributed by atoms with Crippen LogP contribution in [0.1, 0.15) is 5.69 Å². The summed E-state index contributed by atoms with van der Waals surface area (Å²) in [5, 5.41) is 3.10. The van der Waals surface area contributed by atoms with Crippen LogP contribution in [-0.4, -0.2) is 43.3 Å². The maximum absolute atomic E-state index is 13.4. The zero-order chi connectivity index (χ0) is 20.2. The van der Waals surface area contributed by atoms with Gasteiger partial charge < -0.3 is 19.9 Å². The molecule has 1 aliphatic rings. The number of aryl methyl sites for hydroxylation is 1. The van der Waals surface area contributed by atoms with Gasteiger partial charge in [-0.2, -0.15) is 4.98 Å². The molecule has 1 fully saturated rings. The smallest absolute Gasteiger partial charge is 0.229 e. The summed E-state index contributed by atoms with van der Waals surface area (Å²) >= 11 is 0. The minimum absolute atomic E-state index is 0.296. The van der Waals surface area contributed by atoms with Crippen LogP contribution in [0.15, 0.2) is 54.6 Å². The predicted octanol–water partition coefficient (Wildman–Crippen LogP) is 4.00. The van der Waals surface area contributed by atoms with Crippen molar-refractivity contribution in [2.24, 2.45) is 0 Å². The van der Waals surface area contributed by atoms with E-state index in [1.165, 1.54) is 12.1 Å². The first-order chi connectivity index (χ1) is 14.1. The molecular formula is C22H24FN5O. The van der Waals surface area contributed by atoms with E-state index < -0.39 is 0 Å². The normalized spacial score (nSPS) is 14.0. The number of nitrogens with zero attached hydrogens (tertiary/aromatic N) is 4. The highest BCUT2D eigenvalue weighted by Gasteiger charge is 2.21. The highest BCUT2D eigenvalue weighted by Crippen LogP contribution is 2.29. The second-order valence-corrected chi connectivity index (χ2v) is 6.97. The number of ether oxygens (including phenoxy) is 1. The van der Waals surface area contributed by atoms with Crippen molar-refractivity contribution in [2.45, 2.75) is 6.92 Å². The molecule has 3 aromatic rings. The van der Waals surface area contributed by atoms with Crippen molar-refractivity contribution in [1.29, 1.82) is 0 Å². The van der Waals surface area contributed by atoms with E-state index >= 15 is 0 Å². The van der Waals surface area contributed by atoms with Crippen LogP contribution in [0.2, 0.25) is 0 Å². The number of aromatic nitrogens is 2. The molecule has 1 saturated heterocycles. The third-order valence-electron chi connectivity index (χ3n) is 4.95. The molecule has 7 heteroatoms. The molecule has 0 atom stereocenters. The molecule has 6 nitrogen and oxygen atoms in total. The molecule has 1 aromatic heterocycles. The number of hydrogen-bond acceptors (Lipinski definition) is 6. The second-order valence-electron chi connectivity index (χ2n) is 6.97. The minimum Gasteiger partial charge on any atom is -0.495 e. The Balaban J connectivity index is 1.47. The SMILES string of the molecule is COc1ccccc1N1CCN(c2cc(C)nc(Nc3cccc(F)c3)n2)CC1. The van der Waals surface area contributed by atoms with Crippen molar-refractivity contribution in [3.05, 3.63) is 66.1 Å². The van der Waals surface area contributed by atoms with Crippen LogP contribution in [0.5, 0.6) is 5.75 Å². The third-order valence-corrected chi connectivity index (χ3v) is 4.95. The number of piperazine rings is 1. The molecule has 1 aliphatic heterocycles. The van der Waals surface area contributed by atoms with Gasteiger partial charge in [0.2, 0.25) is 5.95 Å². The first-order valence-corrected chi connectivity index (χ1v) is 9.63. The van der Waals surface area contributed by atoms with E-state index in [9.17, 15) is 4.39 Å². The largest absolute Gasteiger partial charge is 0.495 e. The van der Waals surface area contributed by atoms with Gasteiger partial charge in [0.1, 0.15) is 17.4 Å². The standard InChI is InChI=1S/C22H24FN5O/c1-16-14-21(26-22(24-16)25-18-7-5-6-17(23)15-18)28-12-10-27(11-13-28)19-8-3-4-9-20(19)29-2/h3-9,14-15H,10-13H2,1-2H3,(H,24,25,26). The minimum atomic E-state index is -0.296. The summed E-state index contributed by atoms with van der Waals surface area (Å²) in [5.74, 6) is 1.93. The lowest BCUT2D eigenvalue weighted by Gasteiger charge is -2.37. The van der Waals surface area contributed by atoms with Crippen LogP contribution in [-0.2, 0) is 0 Å². The fraction of sp³-hybridized carbons (Fsp3) is 0.273. The summed E-state index contributed by atoms with van der Waals surface area (Å²) in [6.07, 6.45) is 0. The van der Waals surface area contributed by atoms with Crippen molar-refractivity contribution < 1.29 is 9.13 Å². The lowest BCUT2D eigenvalue weighted by Crippen LogP contribution is -2.47. The number of benzene rings is 2.